The third-order valence-corrected chi connectivity index (χ3v) is 5.53. The highest BCUT2D eigenvalue weighted by Gasteiger charge is 2.42. The second-order valence-corrected chi connectivity index (χ2v) is 6.91. The molecule has 1 heterocycles. The van der Waals surface area contributed by atoms with E-state index in [2.05, 4.69) is 29.6 Å². The first-order chi connectivity index (χ1) is 9.86. The first-order valence-electron chi connectivity index (χ1n) is 8.33. The van der Waals surface area contributed by atoms with E-state index in [1.165, 1.54) is 62.5 Å². The molecule has 0 radical (unpaired) electrons. The number of hydrogen-bond acceptors (Lipinski definition) is 2. The lowest BCUT2D eigenvalue weighted by atomic mass is 9.79. The fourth-order valence-electron chi connectivity index (χ4n) is 4.48. The molecular formula is C18H25NO. The molecule has 1 aromatic rings. The van der Waals surface area contributed by atoms with Crippen LogP contribution in [0, 0.1) is 0 Å². The number of rotatable bonds is 0. The van der Waals surface area contributed by atoms with E-state index < -0.39 is 0 Å². The van der Waals surface area contributed by atoms with Gasteiger partial charge in [0.05, 0.1) is 12.7 Å². The Morgan fingerprint density at radius 1 is 1.05 bits per heavy atom. The maximum atomic E-state index is 6.42. The maximum Gasteiger partial charge on any atom is 0.0981 e. The Bertz CT molecular complexity index is 478. The second kappa shape index (κ2) is 5.16. The molecule has 20 heavy (non-hydrogen) atoms. The Balaban J connectivity index is 1.61. The zero-order valence-electron chi connectivity index (χ0n) is 12.2. The molecule has 1 saturated heterocycles. The van der Waals surface area contributed by atoms with E-state index in [0.29, 0.717) is 11.6 Å². The summed E-state index contributed by atoms with van der Waals surface area (Å²) in [6, 6.07) is 9.41. The van der Waals surface area contributed by atoms with Crippen LogP contribution in [0.5, 0.6) is 0 Å². The molecule has 3 aliphatic rings. The molecule has 0 amide bonds. The van der Waals surface area contributed by atoms with Gasteiger partial charge in [0.2, 0.25) is 0 Å². The average Bonchev–Trinajstić information content (AvgIpc) is 2.66. The Hall–Kier alpha value is -0.860. The van der Waals surface area contributed by atoms with Crippen LogP contribution in [0.4, 0.5) is 0 Å². The van der Waals surface area contributed by atoms with Gasteiger partial charge in [0.15, 0.2) is 0 Å². The summed E-state index contributed by atoms with van der Waals surface area (Å²) in [6.45, 7) is 0.905. The van der Waals surface area contributed by atoms with Crippen molar-refractivity contribution in [3.05, 3.63) is 35.4 Å². The molecular weight excluding hydrogens is 246 g/mol. The van der Waals surface area contributed by atoms with Gasteiger partial charge in [-0.2, -0.15) is 0 Å². The molecule has 0 bridgehead atoms. The standard InChI is InChI=1S/C18H25NO/c1-4-11-18(12-5-1)13-20-17-15-9-3-2-7-14(15)8-6-10-16(17)19-18/h2-3,7,9,16-17,19H,1,4-6,8,10-13H2. The summed E-state index contributed by atoms with van der Waals surface area (Å²) in [5.74, 6) is 0. The molecule has 2 fully saturated rings. The van der Waals surface area contributed by atoms with Crippen LogP contribution in [-0.2, 0) is 11.2 Å². The van der Waals surface area contributed by atoms with Crippen molar-refractivity contribution in [2.75, 3.05) is 6.61 Å². The normalized spacial score (nSPS) is 32.2. The predicted molar refractivity (Wildman–Crippen MR) is 80.8 cm³/mol. The summed E-state index contributed by atoms with van der Waals surface area (Å²) in [7, 11) is 0. The van der Waals surface area contributed by atoms with Crippen LogP contribution in [0.25, 0.3) is 0 Å². The van der Waals surface area contributed by atoms with Crippen LogP contribution in [0.1, 0.15) is 62.2 Å². The minimum Gasteiger partial charge on any atom is -0.370 e. The molecule has 4 rings (SSSR count). The lowest BCUT2D eigenvalue weighted by Crippen LogP contribution is -2.60. The van der Waals surface area contributed by atoms with Gasteiger partial charge >= 0.3 is 0 Å². The van der Waals surface area contributed by atoms with E-state index in [1.54, 1.807) is 0 Å². The van der Waals surface area contributed by atoms with Gasteiger partial charge in [-0.25, -0.2) is 0 Å². The number of hydrogen-bond donors (Lipinski definition) is 1. The van der Waals surface area contributed by atoms with E-state index in [1.807, 2.05) is 0 Å². The summed E-state index contributed by atoms with van der Waals surface area (Å²) < 4.78 is 6.42. The van der Waals surface area contributed by atoms with E-state index in [4.69, 9.17) is 4.74 Å². The molecule has 2 unspecified atom stereocenters. The lowest BCUT2D eigenvalue weighted by molar-refractivity contribution is -0.0765. The van der Waals surface area contributed by atoms with Crippen molar-refractivity contribution in [3.8, 4) is 0 Å². The first kappa shape index (κ1) is 12.8. The second-order valence-electron chi connectivity index (χ2n) is 6.91. The third-order valence-electron chi connectivity index (χ3n) is 5.53. The molecule has 1 saturated carbocycles. The number of fused-ring (bicyclic) bond motifs is 3. The van der Waals surface area contributed by atoms with Gasteiger partial charge < -0.3 is 10.1 Å². The number of morpholine rings is 1. The molecule has 1 aromatic carbocycles. The highest BCUT2D eigenvalue weighted by Crippen LogP contribution is 2.40. The van der Waals surface area contributed by atoms with Crippen molar-refractivity contribution in [1.82, 2.24) is 5.32 Å². The lowest BCUT2D eigenvalue weighted by Gasteiger charge is -2.48. The SMILES string of the molecule is c1ccc2c(c1)CCCC1NC3(CCCCC3)COC21. The number of benzene rings is 1. The molecule has 1 N–H and O–H groups in total. The van der Waals surface area contributed by atoms with Crippen molar-refractivity contribution in [2.24, 2.45) is 0 Å². The average molecular weight is 271 g/mol. The quantitative estimate of drug-likeness (QED) is 0.776. The molecule has 2 aliphatic carbocycles. The van der Waals surface area contributed by atoms with Crippen molar-refractivity contribution in [2.45, 2.75) is 69.1 Å². The summed E-state index contributed by atoms with van der Waals surface area (Å²) in [5.41, 5.74) is 3.23. The van der Waals surface area contributed by atoms with Gasteiger partial charge in [0.1, 0.15) is 0 Å². The molecule has 2 nitrogen and oxygen atoms in total. The number of aryl methyl sites for hydroxylation is 1. The van der Waals surface area contributed by atoms with Crippen LogP contribution < -0.4 is 5.32 Å². The van der Waals surface area contributed by atoms with Crippen molar-refractivity contribution < 1.29 is 4.74 Å². The minimum absolute atomic E-state index is 0.279. The van der Waals surface area contributed by atoms with Gasteiger partial charge in [-0.3, -0.25) is 0 Å². The number of nitrogens with one attached hydrogen (secondary N) is 1. The Kier molecular flexibility index (Phi) is 3.31. The summed E-state index contributed by atoms with van der Waals surface area (Å²) >= 11 is 0. The van der Waals surface area contributed by atoms with Gasteiger partial charge in [0, 0.05) is 11.6 Å². The van der Waals surface area contributed by atoms with Crippen LogP contribution in [-0.4, -0.2) is 18.2 Å². The number of ether oxygens (including phenoxy) is 1. The minimum atomic E-state index is 0.279. The van der Waals surface area contributed by atoms with E-state index >= 15 is 0 Å². The predicted octanol–water partition coefficient (Wildman–Crippen LogP) is 3.76. The van der Waals surface area contributed by atoms with E-state index in [0.717, 1.165) is 6.61 Å². The smallest absolute Gasteiger partial charge is 0.0981 e. The molecule has 108 valence electrons. The first-order valence-corrected chi connectivity index (χ1v) is 8.33. The van der Waals surface area contributed by atoms with Gasteiger partial charge in [-0.05, 0) is 43.2 Å². The van der Waals surface area contributed by atoms with Crippen LogP contribution in [0.2, 0.25) is 0 Å². The highest BCUT2D eigenvalue weighted by atomic mass is 16.5. The zero-order valence-corrected chi connectivity index (χ0v) is 12.2. The summed E-state index contributed by atoms with van der Waals surface area (Å²) in [5, 5.41) is 4.03. The topological polar surface area (TPSA) is 21.3 Å². The van der Waals surface area contributed by atoms with Crippen molar-refractivity contribution >= 4 is 0 Å². The molecule has 1 aliphatic heterocycles. The maximum absolute atomic E-state index is 6.42. The van der Waals surface area contributed by atoms with Crippen LogP contribution in [0.3, 0.4) is 0 Å². The fourth-order valence-corrected chi connectivity index (χ4v) is 4.48. The largest absolute Gasteiger partial charge is 0.370 e. The van der Waals surface area contributed by atoms with Gasteiger partial charge in [0.25, 0.3) is 0 Å². The molecule has 1 spiro atoms. The van der Waals surface area contributed by atoms with Crippen LogP contribution >= 0.6 is 0 Å². The highest BCUT2D eigenvalue weighted by molar-refractivity contribution is 5.32. The van der Waals surface area contributed by atoms with Crippen molar-refractivity contribution in [1.29, 1.82) is 0 Å². The van der Waals surface area contributed by atoms with Crippen molar-refractivity contribution in [3.63, 3.8) is 0 Å². The van der Waals surface area contributed by atoms with Gasteiger partial charge in [-0.1, -0.05) is 43.5 Å². The Labute approximate surface area is 121 Å². The van der Waals surface area contributed by atoms with Gasteiger partial charge in [-0.15, -0.1) is 0 Å². The Morgan fingerprint density at radius 2 is 1.90 bits per heavy atom. The molecule has 0 aromatic heterocycles. The summed E-state index contributed by atoms with van der Waals surface area (Å²) in [6.07, 6.45) is 10.8. The zero-order chi connectivity index (χ0) is 13.4. The van der Waals surface area contributed by atoms with E-state index in [-0.39, 0.29) is 6.10 Å². The Morgan fingerprint density at radius 3 is 2.80 bits per heavy atom. The fraction of sp³-hybridized carbons (Fsp3) is 0.667. The monoisotopic (exact) mass is 271 g/mol. The van der Waals surface area contributed by atoms with E-state index in [9.17, 15) is 0 Å². The van der Waals surface area contributed by atoms with Crippen LogP contribution in [0.15, 0.2) is 24.3 Å². The summed E-state index contributed by atoms with van der Waals surface area (Å²) in [4.78, 5) is 0. The molecule has 2 atom stereocenters. The third kappa shape index (κ3) is 2.19. The molecule has 2 heteroatoms.